The van der Waals surface area contributed by atoms with Gasteiger partial charge in [-0.2, -0.15) is 4.57 Å². The molecule has 0 bridgehead atoms. The number of aryl methyl sites for hydroxylation is 1. The lowest BCUT2D eigenvalue weighted by Crippen LogP contribution is -3.00. The predicted octanol–water partition coefficient (Wildman–Crippen LogP) is 5.30. The number of carbonyl (C=O) groups is 2. The fraction of sp³-hybridized carbons (Fsp3) is 0.774. The number of halogens is 1. The molecule has 0 unspecified atom stereocenters. The van der Waals surface area contributed by atoms with Crippen LogP contribution >= 0.6 is 11.3 Å². The van der Waals surface area contributed by atoms with Crippen LogP contribution in [0, 0.1) is 0 Å². The Bertz CT molecular complexity index is 715. The first-order valence-electron chi connectivity index (χ1n) is 15.3. The summed E-state index contributed by atoms with van der Waals surface area (Å²) in [4.78, 5) is 23.7. The molecule has 1 heterocycles. The van der Waals surface area contributed by atoms with Crippen molar-refractivity contribution >= 4 is 23.4 Å². The highest BCUT2D eigenvalue weighted by molar-refractivity contribution is 7.07. The summed E-state index contributed by atoms with van der Waals surface area (Å²) in [5, 5.41) is 4.87. The highest BCUT2D eigenvalue weighted by atomic mass is 79.9. The van der Waals surface area contributed by atoms with Gasteiger partial charge in [0.15, 0.2) is 6.20 Å². The Labute approximate surface area is 253 Å². The smallest absolute Gasteiger partial charge is 0.407 e. The molecule has 1 N–H and O–H groups in total. The number of thiazole rings is 1. The summed E-state index contributed by atoms with van der Waals surface area (Å²) in [5.41, 5.74) is 2.71. The van der Waals surface area contributed by atoms with Crippen molar-refractivity contribution in [1.82, 2.24) is 5.32 Å². The predicted molar refractivity (Wildman–Crippen MR) is 157 cm³/mol. The molecule has 0 saturated heterocycles. The fourth-order valence-corrected chi connectivity index (χ4v) is 4.96. The molecule has 8 heteroatoms. The van der Waals surface area contributed by atoms with Crippen LogP contribution in [0.2, 0.25) is 0 Å². The molecule has 6 nitrogen and oxygen atoms in total. The minimum atomic E-state index is -0.436. The fourth-order valence-electron chi connectivity index (χ4n) is 4.33. The van der Waals surface area contributed by atoms with Crippen molar-refractivity contribution in [1.29, 1.82) is 0 Å². The quantitative estimate of drug-likeness (QED) is 0.0653. The van der Waals surface area contributed by atoms with Gasteiger partial charge in [-0.3, -0.25) is 4.79 Å². The number of ether oxygens (including phenoxy) is 2. The average molecular weight is 632 g/mol. The molecule has 0 spiro atoms. The second-order valence-corrected chi connectivity index (χ2v) is 11.2. The maximum atomic E-state index is 11.9. The van der Waals surface area contributed by atoms with Gasteiger partial charge in [-0.15, -0.1) is 0 Å². The number of aromatic nitrogens is 1. The van der Waals surface area contributed by atoms with Crippen LogP contribution in [0.4, 0.5) is 4.79 Å². The average Bonchev–Trinajstić information content (AvgIpc) is 3.44. The lowest BCUT2D eigenvalue weighted by Gasteiger charge is -2.10. The lowest BCUT2D eigenvalue weighted by molar-refractivity contribution is -0.692. The van der Waals surface area contributed by atoms with E-state index in [1.807, 2.05) is 0 Å². The largest absolute Gasteiger partial charge is 1.00 e. The third-order valence-electron chi connectivity index (χ3n) is 6.72. The molecule has 0 fully saturated rings. The monoisotopic (exact) mass is 630 g/mol. The van der Waals surface area contributed by atoms with Gasteiger partial charge in [-0.25, -0.2) is 4.79 Å². The summed E-state index contributed by atoms with van der Waals surface area (Å²) >= 11 is 1.71. The topological polar surface area (TPSA) is 68.5 Å². The maximum absolute atomic E-state index is 11.9. The molecule has 0 radical (unpaired) electrons. The van der Waals surface area contributed by atoms with Crippen LogP contribution in [-0.4, -0.2) is 31.8 Å². The first-order valence-corrected chi connectivity index (χ1v) is 16.2. The maximum Gasteiger partial charge on any atom is 0.407 e. The summed E-state index contributed by atoms with van der Waals surface area (Å²) in [6.45, 7) is 7.97. The molecule has 0 aliphatic carbocycles. The second kappa shape index (κ2) is 28.1. The first kappa shape index (κ1) is 37.6. The highest BCUT2D eigenvalue weighted by Crippen LogP contribution is 2.12. The third kappa shape index (κ3) is 25.3. The Morgan fingerprint density at radius 1 is 0.769 bits per heavy atom. The Hall–Kier alpha value is -1.41. The zero-order valence-electron chi connectivity index (χ0n) is 24.6. The van der Waals surface area contributed by atoms with E-state index in [4.69, 9.17) is 9.47 Å². The molecular weight excluding hydrogens is 576 g/mol. The van der Waals surface area contributed by atoms with Crippen molar-refractivity contribution in [3.63, 3.8) is 0 Å². The molecular formula is C31H55BrN2O4S. The number of amides is 1. The van der Waals surface area contributed by atoms with Crippen LogP contribution in [0.1, 0.15) is 129 Å². The van der Waals surface area contributed by atoms with Crippen LogP contribution in [-0.2, 0) is 20.8 Å². The van der Waals surface area contributed by atoms with Gasteiger partial charge in [0.05, 0.1) is 5.38 Å². The van der Waals surface area contributed by atoms with Gasteiger partial charge in [0, 0.05) is 19.4 Å². The molecule has 0 aliphatic rings. The number of nitrogens with one attached hydrogen (secondary N) is 1. The van der Waals surface area contributed by atoms with Crippen LogP contribution in [0.15, 0.2) is 29.2 Å². The van der Waals surface area contributed by atoms with E-state index in [9.17, 15) is 9.59 Å². The zero-order valence-corrected chi connectivity index (χ0v) is 27.0. The van der Waals surface area contributed by atoms with E-state index in [2.05, 4.69) is 40.5 Å². The molecule has 0 atom stereocenters. The standard InChI is InChI=1S/C31H54N2O4S.BrH/c1-3-4-5-6-7-8-9-10-11-12-13-16-19-22-32-31(35)37-27-29(2)26-36-30(34)21-18-15-14-17-20-23-33-24-25-38-28-33;/h24-25,28H,2-23,26-27H2,1H3;1H. The first-order chi connectivity index (χ1) is 18.6. The molecule has 0 saturated carbocycles. The minimum absolute atomic E-state index is 0. The van der Waals surface area contributed by atoms with Crippen LogP contribution < -0.4 is 26.9 Å². The Morgan fingerprint density at radius 3 is 1.90 bits per heavy atom. The molecule has 0 aliphatic heterocycles. The van der Waals surface area contributed by atoms with Crippen molar-refractivity contribution in [2.24, 2.45) is 0 Å². The number of alkyl carbamates (subject to hydrolysis) is 1. The number of nitrogens with zero attached hydrogens (tertiary/aromatic N) is 1. The van der Waals surface area contributed by atoms with Crippen LogP contribution in [0.5, 0.6) is 0 Å². The van der Waals surface area contributed by atoms with Gasteiger partial charge in [0.25, 0.3) is 0 Å². The number of hydrogen-bond donors (Lipinski definition) is 1. The SMILES string of the molecule is C=C(COC(=O)CCCCCCC[n+]1ccsc1)COC(=O)NCCCCCCCCCCCCCCC.[Br-]. The van der Waals surface area contributed by atoms with Gasteiger partial charge in [0.1, 0.15) is 19.8 Å². The summed E-state index contributed by atoms with van der Waals surface area (Å²) in [6, 6.07) is 0. The van der Waals surface area contributed by atoms with Crippen molar-refractivity contribution in [2.45, 2.75) is 135 Å². The number of unbranched alkanes of at least 4 members (excludes halogenated alkanes) is 16. The molecule has 1 aromatic heterocycles. The Balaban J connectivity index is 0.0000144. The van der Waals surface area contributed by atoms with Gasteiger partial charge >= 0.3 is 12.1 Å². The van der Waals surface area contributed by atoms with Crippen molar-refractivity contribution < 1.29 is 40.6 Å². The molecule has 1 amide bonds. The van der Waals surface area contributed by atoms with Crippen molar-refractivity contribution in [2.75, 3.05) is 19.8 Å². The number of esters is 1. The Morgan fingerprint density at radius 2 is 1.31 bits per heavy atom. The summed E-state index contributed by atoms with van der Waals surface area (Å²) in [5.74, 6) is -0.216. The molecule has 39 heavy (non-hydrogen) atoms. The van der Waals surface area contributed by atoms with E-state index in [1.165, 1.54) is 83.5 Å². The van der Waals surface area contributed by atoms with E-state index in [0.29, 0.717) is 18.5 Å². The summed E-state index contributed by atoms with van der Waals surface area (Å²) in [6.07, 6.45) is 24.4. The van der Waals surface area contributed by atoms with Crippen LogP contribution in [0.25, 0.3) is 0 Å². The lowest BCUT2D eigenvalue weighted by atomic mass is 10.0. The normalized spacial score (nSPS) is 10.6. The number of hydrogen-bond acceptors (Lipinski definition) is 5. The Kier molecular flexibility index (Phi) is 27.1. The number of carbonyl (C=O) groups excluding carboxylic acids is 2. The summed E-state index contributed by atoms with van der Waals surface area (Å²) in [7, 11) is 0. The van der Waals surface area contributed by atoms with E-state index in [0.717, 1.165) is 38.6 Å². The van der Waals surface area contributed by atoms with Gasteiger partial charge in [0.2, 0.25) is 5.51 Å². The molecule has 0 aromatic carbocycles. The number of rotatable bonds is 26. The van der Waals surface area contributed by atoms with E-state index in [1.54, 1.807) is 11.3 Å². The molecule has 1 aromatic rings. The van der Waals surface area contributed by atoms with Gasteiger partial charge < -0.3 is 31.8 Å². The second-order valence-electron chi connectivity index (χ2n) is 10.4. The van der Waals surface area contributed by atoms with Crippen LogP contribution in [0.3, 0.4) is 0 Å². The zero-order chi connectivity index (χ0) is 27.5. The van der Waals surface area contributed by atoms with Crippen molar-refractivity contribution in [3.8, 4) is 0 Å². The van der Waals surface area contributed by atoms with E-state index < -0.39 is 6.09 Å². The minimum Gasteiger partial charge on any atom is -1.00 e. The molecule has 226 valence electrons. The third-order valence-corrected chi connectivity index (χ3v) is 7.39. The van der Waals surface area contributed by atoms with E-state index in [-0.39, 0.29) is 36.2 Å². The summed E-state index contributed by atoms with van der Waals surface area (Å²) < 4.78 is 12.6. The van der Waals surface area contributed by atoms with E-state index >= 15 is 0 Å². The van der Waals surface area contributed by atoms with Crippen molar-refractivity contribution in [3.05, 3.63) is 29.2 Å². The highest BCUT2D eigenvalue weighted by Gasteiger charge is 2.07. The molecule has 1 rings (SSSR count). The van der Waals surface area contributed by atoms with Gasteiger partial charge in [-0.1, -0.05) is 115 Å². The van der Waals surface area contributed by atoms with Gasteiger partial charge in [-0.05, 0) is 24.8 Å².